The van der Waals surface area contributed by atoms with Crippen molar-refractivity contribution < 1.29 is 19.1 Å². The van der Waals surface area contributed by atoms with Crippen molar-refractivity contribution in [3.63, 3.8) is 0 Å². The number of ether oxygens (including phenoxy) is 2. The first-order valence-electron chi connectivity index (χ1n) is 7.21. The fourth-order valence-electron chi connectivity index (χ4n) is 1.74. The molecule has 23 heavy (non-hydrogen) atoms. The maximum Gasteiger partial charge on any atom is 0.329 e. The van der Waals surface area contributed by atoms with Gasteiger partial charge < -0.3 is 14.8 Å². The van der Waals surface area contributed by atoms with Gasteiger partial charge in [0.25, 0.3) is 0 Å². The van der Waals surface area contributed by atoms with Gasteiger partial charge in [-0.3, -0.25) is 4.79 Å². The molecule has 2 rings (SSSR count). The van der Waals surface area contributed by atoms with Crippen LogP contribution in [-0.2, 0) is 20.9 Å². The second-order valence-corrected chi connectivity index (χ2v) is 4.52. The highest BCUT2D eigenvalue weighted by Gasteiger charge is 2.09. The first-order valence-corrected chi connectivity index (χ1v) is 7.21. The smallest absolute Gasteiger partial charge is 0.329 e. The first-order chi connectivity index (χ1) is 11.2. The Labute approximate surface area is 133 Å². The van der Waals surface area contributed by atoms with Crippen molar-refractivity contribution in [3.05, 3.63) is 36.5 Å². The molecule has 0 aliphatic heterocycles. The van der Waals surface area contributed by atoms with Crippen molar-refractivity contribution in [2.45, 2.75) is 19.9 Å². The van der Waals surface area contributed by atoms with E-state index in [0.717, 1.165) is 4.80 Å². The second-order valence-electron chi connectivity index (χ2n) is 4.52. The van der Waals surface area contributed by atoms with E-state index in [1.165, 1.54) is 6.20 Å². The van der Waals surface area contributed by atoms with E-state index in [9.17, 15) is 9.59 Å². The Morgan fingerprint density at radius 2 is 2.04 bits per heavy atom. The minimum Gasteiger partial charge on any atom is -0.493 e. The number of hydrogen-bond donors (Lipinski definition) is 1. The maximum atomic E-state index is 11.8. The number of hydrogen-bond acceptors (Lipinski definition) is 6. The molecule has 2 aromatic rings. The van der Waals surface area contributed by atoms with E-state index >= 15 is 0 Å². The van der Waals surface area contributed by atoms with Gasteiger partial charge in [0.05, 0.1) is 25.8 Å². The third-order valence-corrected chi connectivity index (χ3v) is 2.72. The lowest BCUT2D eigenvalue weighted by Crippen LogP contribution is -2.17. The van der Waals surface area contributed by atoms with Crippen molar-refractivity contribution in [2.75, 3.05) is 18.5 Å². The van der Waals surface area contributed by atoms with Gasteiger partial charge >= 0.3 is 5.97 Å². The highest BCUT2D eigenvalue weighted by atomic mass is 16.5. The van der Waals surface area contributed by atoms with Gasteiger partial charge in [0.15, 0.2) is 12.4 Å². The molecule has 0 atom stereocenters. The van der Waals surface area contributed by atoms with Crippen LogP contribution >= 0.6 is 0 Å². The zero-order chi connectivity index (χ0) is 16.5. The molecule has 0 aliphatic carbocycles. The van der Waals surface area contributed by atoms with Gasteiger partial charge in [-0.15, -0.1) is 5.10 Å². The Morgan fingerprint density at radius 1 is 1.26 bits per heavy atom. The lowest BCUT2D eigenvalue weighted by atomic mass is 10.3. The zero-order valence-electron chi connectivity index (χ0n) is 12.8. The highest BCUT2D eigenvalue weighted by molar-refractivity contribution is 5.89. The van der Waals surface area contributed by atoms with Crippen LogP contribution in [-0.4, -0.2) is 40.1 Å². The molecule has 0 unspecified atom stereocenters. The van der Waals surface area contributed by atoms with Gasteiger partial charge in [0, 0.05) is 0 Å². The topological polar surface area (TPSA) is 95.3 Å². The Morgan fingerprint density at radius 3 is 2.78 bits per heavy atom. The van der Waals surface area contributed by atoms with E-state index in [2.05, 4.69) is 15.5 Å². The second kappa shape index (κ2) is 8.52. The number of para-hydroxylation sites is 1. The molecule has 1 aromatic carbocycles. The third-order valence-electron chi connectivity index (χ3n) is 2.72. The molecule has 1 N–H and O–H groups in total. The van der Waals surface area contributed by atoms with Gasteiger partial charge in [0.1, 0.15) is 5.75 Å². The summed E-state index contributed by atoms with van der Waals surface area (Å²) in [6, 6.07) is 9.24. The molecule has 8 heteroatoms. The van der Waals surface area contributed by atoms with Crippen LogP contribution in [0.3, 0.4) is 0 Å². The number of nitrogens with zero attached hydrogens (tertiary/aromatic N) is 3. The molecular weight excluding hydrogens is 300 g/mol. The van der Waals surface area contributed by atoms with Crippen LogP contribution < -0.4 is 10.1 Å². The van der Waals surface area contributed by atoms with Crippen LogP contribution in [0.2, 0.25) is 0 Å². The van der Waals surface area contributed by atoms with Crippen LogP contribution in [0.4, 0.5) is 5.82 Å². The molecule has 0 saturated carbocycles. The number of benzene rings is 1. The summed E-state index contributed by atoms with van der Waals surface area (Å²) in [6.07, 6.45) is 1.55. The van der Waals surface area contributed by atoms with Crippen LogP contribution in [0.15, 0.2) is 36.5 Å². The summed E-state index contributed by atoms with van der Waals surface area (Å²) in [5.74, 6) is 0.307. The van der Waals surface area contributed by atoms with Gasteiger partial charge in [-0.05, 0) is 19.1 Å². The number of carbonyl (C=O) groups excluding carboxylic acids is 2. The van der Waals surface area contributed by atoms with Crippen LogP contribution in [0, 0.1) is 0 Å². The maximum absolute atomic E-state index is 11.8. The van der Waals surface area contributed by atoms with E-state index in [4.69, 9.17) is 9.47 Å². The number of anilines is 1. The largest absolute Gasteiger partial charge is 0.493 e. The fraction of sp³-hybridized carbons (Fsp3) is 0.333. The van der Waals surface area contributed by atoms with E-state index in [0.29, 0.717) is 12.4 Å². The molecule has 0 fully saturated rings. The summed E-state index contributed by atoms with van der Waals surface area (Å²) in [7, 11) is 0. The minimum atomic E-state index is -0.433. The molecule has 0 bridgehead atoms. The average Bonchev–Trinajstić information content (AvgIpc) is 2.95. The number of rotatable bonds is 8. The molecular formula is C15H18N4O4. The molecule has 0 aliphatic rings. The van der Waals surface area contributed by atoms with Crippen molar-refractivity contribution in [1.29, 1.82) is 0 Å². The van der Waals surface area contributed by atoms with E-state index in [1.807, 2.05) is 30.3 Å². The van der Waals surface area contributed by atoms with Crippen molar-refractivity contribution >= 4 is 17.7 Å². The zero-order valence-corrected chi connectivity index (χ0v) is 12.8. The number of aromatic nitrogens is 3. The summed E-state index contributed by atoms with van der Waals surface area (Å²) in [6.45, 7) is 2.18. The van der Waals surface area contributed by atoms with E-state index in [-0.39, 0.29) is 31.3 Å². The summed E-state index contributed by atoms with van der Waals surface area (Å²) in [4.78, 5) is 24.2. The van der Waals surface area contributed by atoms with E-state index in [1.54, 1.807) is 6.92 Å². The predicted octanol–water partition coefficient (Wildman–Crippen LogP) is 1.25. The monoisotopic (exact) mass is 318 g/mol. The third kappa shape index (κ3) is 5.77. The Balaban J connectivity index is 1.73. The number of amides is 1. The Hall–Kier alpha value is -2.90. The van der Waals surface area contributed by atoms with Crippen LogP contribution in [0.5, 0.6) is 5.75 Å². The Bertz CT molecular complexity index is 642. The summed E-state index contributed by atoms with van der Waals surface area (Å²) < 4.78 is 10.2. The molecule has 1 amide bonds. The first kappa shape index (κ1) is 16.5. The normalized spacial score (nSPS) is 10.1. The predicted molar refractivity (Wildman–Crippen MR) is 81.8 cm³/mol. The molecule has 0 spiro atoms. The molecule has 1 heterocycles. The summed E-state index contributed by atoms with van der Waals surface area (Å²) in [5, 5.41) is 10.4. The number of esters is 1. The molecule has 8 nitrogen and oxygen atoms in total. The average molecular weight is 318 g/mol. The van der Waals surface area contributed by atoms with Crippen molar-refractivity contribution in [3.8, 4) is 5.75 Å². The Kier molecular flexibility index (Phi) is 6.10. The SMILES string of the molecule is CCOC(=O)Cn1ncc(NC(=O)CCOc2ccccc2)n1. The lowest BCUT2D eigenvalue weighted by Gasteiger charge is -2.05. The van der Waals surface area contributed by atoms with Crippen LogP contribution in [0.25, 0.3) is 0 Å². The minimum absolute atomic E-state index is 0.0964. The van der Waals surface area contributed by atoms with Gasteiger partial charge in [-0.25, -0.2) is 4.79 Å². The standard InChI is InChI=1S/C15H18N4O4/c1-2-22-15(21)11-19-16-10-13(18-19)17-14(20)8-9-23-12-6-4-3-5-7-12/h3-7,10H,2,8-9,11H2,1H3,(H,17,18,20). The molecule has 1 aromatic heterocycles. The van der Waals surface area contributed by atoms with Crippen LogP contribution in [0.1, 0.15) is 13.3 Å². The van der Waals surface area contributed by atoms with Gasteiger partial charge in [0.2, 0.25) is 5.91 Å². The van der Waals surface area contributed by atoms with Gasteiger partial charge in [-0.1, -0.05) is 18.2 Å². The van der Waals surface area contributed by atoms with Crippen molar-refractivity contribution in [2.24, 2.45) is 0 Å². The number of carbonyl (C=O) groups is 2. The number of nitrogens with one attached hydrogen (secondary N) is 1. The van der Waals surface area contributed by atoms with Gasteiger partial charge in [-0.2, -0.15) is 9.90 Å². The highest BCUT2D eigenvalue weighted by Crippen LogP contribution is 2.08. The lowest BCUT2D eigenvalue weighted by molar-refractivity contribution is -0.144. The molecule has 0 saturated heterocycles. The molecule has 0 radical (unpaired) electrons. The molecule has 122 valence electrons. The summed E-state index contributed by atoms with van der Waals surface area (Å²) in [5.41, 5.74) is 0. The fourth-order valence-corrected chi connectivity index (χ4v) is 1.74. The quantitative estimate of drug-likeness (QED) is 0.736. The summed E-state index contributed by atoms with van der Waals surface area (Å²) >= 11 is 0. The van der Waals surface area contributed by atoms with E-state index < -0.39 is 5.97 Å². The van der Waals surface area contributed by atoms with Crippen molar-refractivity contribution in [1.82, 2.24) is 15.0 Å².